The van der Waals surface area contributed by atoms with Crippen molar-refractivity contribution in [3.8, 4) is 11.4 Å². The highest BCUT2D eigenvalue weighted by atomic mass is 32.1. The van der Waals surface area contributed by atoms with Crippen molar-refractivity contribution < 1.29 is 4.79 Å². The molecule has 0 aromatic carbocycles. The summed E-state index contributed by atoms with van der Waals surface area (Å²) in [4.78, 5) is 41.3. The van der Waals surface area contributed by atoms with Crippen LogP contribution >= 0.6 is 11.3 Å². The molecule has 3 heterocycles. The predicted molar refractivity (Wildman–Crippen MR) is 98.0 cm³/mol. The first-order valence-corrected chi connectivity index (χ1v) is 9.28. The van der Waals surface area contributed by atoms with Gasteiger partial charge in [0.25, 0.3) is 11.5 Å². The van der Waals surface area contributed by atoms with E-state index >= 15 is 0 Å². The number of aromatic nitrogens is 4. The van der Waals surface area contributed by atoms with E-state index in [9.17, 15) is 9.59 Å². The molecule has 8 heteroatoms. The van der Waals surface area contributed by atoms with E-state index in [0.717, 1.165) is 23.5 Å². The quantitative estimate of drug-likeness (QED) is 0.735. The minimum absolute atomic E-state index is 0.0149. The summed E-state index contributed by atoms with van der Waals surface area (Å²) in [5, 5.41) is 3.64. The van der Waals surface area contributed by atoms with Crippen molar-refractivity contribution in [2.75, 3.05) is 0 Å². The van der Waals surface area contributed by atoms with E-state index in [-0.39, 0.29) is 5.56 Å². The monoisotopic (exact) mass is 367 g/mol. The molecule has 2 N–H and O–H groups in total. The lowest BCUT2D eigenvalue weighted by Gasteiger charge is -2.06. The number of carbonyl (C=O) groups is 1. The van der Waals surface area contributed by atoms with Crippen LogP contribution in [0.2, 0.25) is 0 Å². The largest absolute Gasteiger partial charge is 0.345 e. The van der Waals surface area contributed by atoms with Gasteiger partial charge < -0.3 is 10.3 Å². The minimum atomic E-state index is -0.477. The second-order valence-corrected chi connectivity index (χ2v) is 7.25. The molecule has 0 fully saturated rings. The number of fused-ring (bicyclic) bond motifs is 1. The molecule has 26 heavy (non-hydrogen) atoms. The predicted octanol–water partition coefficient (Wildman–Crippen LogP) is 2.10. The van der Waals surface area contributed by atoms with Crippen LogP contribution in [0, 0.1) is 0 Å². The average molecular weight is 367 g/mol. The van der Waals surface area contributed by atoms with E-state index in [1.54, 1.807) is 35.9 Å². The Morgan fingerprint density at radius 2 is 2.15 bits per heavy atom. The van der Waals surface area contributed by atoms with Gasteiger partial charge in [0.15, 0.2) is 0 Å². The van der Waals surface area contributed by atoms with Gasteiger partial charge in [0, 0.05) is 29.0 Å². The molecule has 132 valence electrons. The van der Waals surface area contributed by atoms with Crippen LogP contribution in [0.4, 0.5) is 0 Å². The Labute approximate surface area is 153 Å². The molecule has 4 rings (SSSR count). The molecule has 1 aliphatic carbocycles. The number of amides is 1. The zero-order valence-corrected chi connectivity index (χ0v) is 14.8. The highest BCUT2D eigenvalue weighted by Crippen LogP contribution is 2.26. The van der Waals surface area contributed by atoms with Gasteiger partial charge in [0.2, 0.25) is 0 Å². The van der Waals surface area contributed by atoms with Crippen molar-refractivity contribution in [2.45, 2.75) is 32.2 Å². The molecule has 7 nitrogen and oxygen atoms in total. The standard InChI is InChI=1S/C18H17N5O2S/c24-17(21-10-15-22-13-5-1-2-6-14(13)26-15)12-9-20-16(23-18(12)25)11-4-3-7-19-8-11/h3-4,7-9H,1-2,5-6,10H2,(H,21,24)(H,20,23,25). The van der Waals surface area contributed by atoms with Crippen LogP contribution in [0.25, 0.3) is 11.4 Å². The van der Waals surface area contributed by atoms with Gasteiger partial charge >= 0.3 is 0 Å². The van der Waals surface area contributed by atoms with Crippen LogP contribution in [0.1, 0.15) is 38.8 Å². The number of pyridine rings is 1. The van der Waals surface area contributed by atoms with E-state index in [1.807, 2.05) is 0 Å². The number of rotatable bonds is 4. The van der Waals surface area contributed by atoms with Crippen LogP contribution < -0.4 is 10.9 Å². The van der Waals surface area contributed by atoms with Gasteiger partial charge in [-0.25, -0.2) is 9.97 Å². The highest BCUT2D eigenvalue weighted by molar-refractivity contribution is 7.11. The van der Waals surface area contributed by atoms with Gasteiger partial charge in [-0.3, -0.25) is 14.6 Å². The number of aromatic amines is 1. The molecule has 3 aromatic rings. The lowest BCUT2D eigenvalue weighted by Crippen LogP contribution is -2.29. The Morgan fingerprint density at radius 1 is 1.27 bits per heavy atom. The van der Waals surface area contributed by atoms with Crippen molar-refractivity contribution in [3.63, 3.8) is 0 Å². The molecule has 3 aromatic heterocycles. The van der Waals surface area contributed by atoms with Crippen LogP contribution in [0.15, 0.2) is 35.5 Å². The molecule has 0 saturated heterocycles. The summed E-state index contributed by atoms with van der Waals surface area (Å²) < 4.78 is 0. The zero-order valence-electron chi connectivity index (χ0n) is 14.0. The van der Waals surface area contributed by atoms with Crippen LogP contribution in [0.5, 0.6) is 0 Å². The van der Waals surface area contributed by atoms with Gasteiger partial charge in [-0.05, 0) is 37.8 Å². The third kappa shape index (κ3) is 3.41. The normalized spacial score (nSPS) is 13.2. The average Bonchev–Trinajstić information content (AvgIpc) is 3.10. The molecular weight excluding hydrogens is 350 g/mol. The molecule has 0 spiro atoms. The Bertz CT molecular complexity index is 973. The van der Waals surface area contributed by atoms with Gasteiger partial charge in [-0.2, -0.15) is 0 Å². The smallest absolute Gasteiger partial charge is 0.264 e. The zero-order chi connectivity index (χ0) is 17.9. The topological polar surface area (TPSA) is 101 Å². The first-order valence-electron chi connectivity index (χ1n) is 8.46. The Morgan fingerprint density at radius 3 is 2.92 bits per heavy atom. The number of nitrogens with one attached hydrogen (secondary N) is 2. The second kappa shape index (κ2) is 7.17. The Kier molecular flexibility index (Phi) is 4.57. The highest BCUT2D eigenvalue weighted by Gasteiger charge is 2.17. The lowest BCUT2D eigenvalue weighted by atomic mass is 10.0. The second-order valence-electron chi connectivity index (χ2n) is 6.08. The molecule has 0 atom stereocenters. The molecule has 0 saturated carbocycles. The number of hydrogen-bond acceptors (Lipinski definition) is 6. The summed E-state index contributed by atoms with van der Waals surface area (Å²) in [5.41, 5.74) is 1.35. The SMILES string of the molecule is O=C(NCc1nc2c(s1)CCCC2)c1cnc(-c2cccnc2)[nH]c1=O. The van der Waals surface area contributed by atoms with Crippen LogP contribution in [-0.2, 0) is 19.4 Å². The summed E-state index contributed by atoms with van der Waals surface area (Å²) in [7, 11) is 0. The van der Waals surface area contributed by atoms with Crippen LogP contribution in [0.3, 0.4) is 0 Å². The van der Waals surface area contributed by atoms with Crippen molar-refractivity contribution in [1.82, 2.24) is 25.3 Å². The van der Waals surface area contributed by atoms with Crippen molar-refractivity contribution >= 4 is 17.2 Å². The summed E-state index contributed by atoms with van der Waals surface area (Å²) in [6.45, 7) is 0.320. The first-order chi connectivity index (χ1) is 12.7. The maximum Gasteiger partial charge on any atom is 0.264 e. The number of thiazole rings is 1. The van der Waals surface area contributed by atoms with Crippen molar-refractivity contribution in [1.29, 1.82) is 0 Å². The van der Waals surface area contributed by atoms with Gasteiger partial charge in [0.1, 0.15) is 16.4 Å². The summed E-state index contributed by atoms with van der Waals surface area (Å²) in [6.07, 6.45) is 8.99. The number of hydrogen-bond donors (Lipinski definition) is 2. The molecule has 1 aliphatic rings. The summed E-state index contributed by atoms with van der Waals surface area (Å²) in [6, 6.07) is 3.54. The summed E-state index contributed by atoms with van der Waals surface area (Å²) in [5.74, 6) is -0.0723. The van der Waals surface area contributed by atoms with Crippen molar-refractivity contribution in [3.05, 3.63) is 62.2 Å². The molecule has 0 aliphatic heterocycles. The number of carbonyl (C=O) groups excluding carboxylic acids is 1. The fraction of sp³-hybridized carbons (Fsp3) is 0.278. The van der Waals surface area contributed by atoms with E-state index in [2.05, 4.69) is 25.3 Å². The molecule has 0 bridgehead atoms. The number of nitrogens with zero attached hydrogens (tertiary/aromatic N) is 3. The third-order valence-electron chi connectivity index (χ3n) is 4.27. The third-order valence-corrected chi connectivity index (χ3v) is 5.43. The van der Waals surface area contributed by atoms with Gasteiger partial charge in [-0.1, -0.05) is 0 Å². The van der Waals surface area contributed by atoms with Crippen molar-refractivity contribution in [2.24, 2.45) is 0 Å². The fourth-order valence-corrected chi connectivity index (χ4v) is 4.03. The Balaban J connectivity index is 1.46. The summed E-state index contributed by atoms with van der Waals surface area (Å²) >= 11 is 1.64. The minimum Gasteiger partial charge on any atom is -0.345 e. The first kappa shape index (κ1) is 16.6. The number of H-pyrrole nitrogens is 1. The molecule has 1 amide bonds. The molecular formula is C18H17N5O2S. The van der Waals surface area contributed by atoms with Crippen LogP contribution in [-0.4, -0.2) is 25.8 Å². The maximum absolute atomic E-state index is 12.3. The maximum atomic E-state index is 12.3. The number of aryl methyl sites for hydroxylation is 2. The van der Waals surface area contributed by atoms with E-state index in [4.69, 9.17) is 0 Å². The Hall–Kier alpha value is -2.87. The lowest BCUT2D eigenvalue weighted by molar-refractivity contribution is 0.0949. The van der Waals surface area contributed by atoms with E-state index in [0.29, 0.717) is 17.9 Å². The van der Waals surface area contributed by atoms with E-state index < -0.39 is 11.5 Å². The molecule has 0 radical (unpaired) electrons. The van der Waals surface area contributed by atoms with Gasteiger partial charge in [-0.15, -0.1) is 11.3 Å². The van der Waals surface area contributed by atoms with Gasteiger partial charge in [0.05, 0.1) is 12.2 Å². The molecule has 0 unspecified atom stereocenters. The van der Waals surface area contributed by atoms with E-state index in [1.165, 1.54) is 23.9 Å². The fourth-order valence-electron chi connectivity index (χ4n) is 2.94.